The van der Waals surface area contributed by atoms with E-state index in [1.165, 1.54) is 28.7 Å². The van der Waals surface area contributed by atoms with Gasteiger partial charge < -0.3 is 14.2 Å². The zero-order chi connectivity index (χ0) is 20.4. The lowest BCUT2D eigenvalue weighted by molar-refractivity contribution is -0.140. The Kier molecular flexibility index (Phi) is 6.04. The van der Waals surface area contributed by atoms with Crippen molar-refractivity contribution in [2.45, 2.75) is 72.1 Å². The van der Waals surface area contributed by atoms with Crippen molar-refractivity contribution in [3.8, 4) is 0 Å². The van der Waals surface area contributed by atoms with Gasteiger partial charge in [-0.05, 0) is 63.1 Å². The summed E-state index contributed by atoms with van der Waals surface area (Å²) >= 11 is 0. The monoisotopic (exact) mass is 395 g/mol. The van der Waals surface area contributed by atoms with E-state index in [0.29, 0.717) is 13.1 Å². The van der Waals surface area contributed by atoms with E-state index in [1.54, 1.807) is 0 Å². The number of rotatable bonds is 7. The Morgan fingerprint density at radius 2 is 1.93 bits per heavy atom. The second-order valence-corrected chi connectivity index (χ2v) is 8.83. The minimum atomic E-state index is 0.170. The van der Waals surface area contributed by atoms with E-state index in [0.717, 1.165) is 44.7 Å². The summed E-state index contributed by atoms with van der Waals surface area (Å²) in [6.07, 6.45) is 9.42. The summed E-state index contributed by atoms with van der Waals surface area (Å²) in [5, 5.41) is 0. The second kappa shape index (κ2) is 8.70. The molecule has 1 saturated carbocycles. The number of imidazole rings is 1. The van der Waals surface area contributed by atoms with E-state index in [2.05, 4.69) is 42.5 Å². The summed E-state index contributed by atoms with van der Waals surface area (Å²) in [6.45, 7) is 9.35. The minimum absolute atomic E-state index is 0.170. The highest BCUT2D eigenvalue weighted by Gasteiger charge is 2.32. The Bertz CT molecular complexity index is 840. The Hall–Kier alpha value is -2.14. The van der Waals surface area contributed by atoms with E-state index in [9.17, 15) is 4.79 Å². The van der Waals surface area contributed by atoms with Crippen LogP contribution in [0.15, 0.2) is 24.5 Å². The summed E-state index contributed by atoms with van der Waals surface area (Å²) in [4.78, 5) is 19.7. The summed E-state index contributed by atoms with van der Waals surface area (Å²) in [7, 11) is 0. The van der Waals surface area contributed by atoms with Crippen LogP contribution < -0.4 is 0 Å². The van der Waals surface area contributed by atoms with E-state index in [1.807, 2.05) is 17.3 Å². The number of carbonyl (C=O) groups excluding carboxylic acids is 1. The van der Waals surface area contributed by atoms with Crippen LogP contribution in [0.5, 0.6) is 0 Å². The standard InChI is InChI=1S/C24H33N3O2/c1-17-12-18(2)22(19(3)13-17)15-26-10-9-25-23(26)16-27(14-21-8-5-11-29-21)24(28)20-6-4-7-20/h9-10,12-13,20-21H,4-8,11,14-16H2,1-3H3/t21-/m0/s1. The highest BCUT2D eigenvalue weighted by Crippen LogP contribution is 2.29. The molecule has 4 rings (SSSR count). The molecule has 29 heavy (non-hydrogen) atoms. The fourth-order valence-corrected chi connectivity index (χ4v) is 4.62. The largest absolute Gasteiger partial charge is 0.376 e. The van der Waals surface area contributed by atoms with Gasteiger partial charge in [0, 0.05) is 38.0 Å². The zero-order valence-electron chi connectivity index (χ0n) is 18.0. The van der Waals surface area contributed by atoms with Crippen molar-refractivity contribution in [3.63, 3.8) is 0 Å². The third-order valence-electron chi connectivity index (χ3n) is 6.52. The molecule has 2 heterocycles. The number of hydrogen-bond donors (Lipinski definition) is 0. The van der Waals surface area contributed by atoms with Crippen molar-refractivity contribution < 1.29 is 9.53 Å². The topological polar surface area (TPSA) is 47.4 Å². The van der Waals surface area contributed by atoms with Gasteiger partial charge in [0.15, 0.2) is 0 Å². The molecule has 0 radical (unpaired) electrons. The van der Waals surface area contributed by atoms with Gasteiger partial charge in [0.25, 0.3) is 0 Å². The molecule has 0 spiro atoms. The van der Waals surface area contributed by atoms with Gasteiger partial charge in [-0.25, -0.2) is 4.98 Å². The summed E-state index contributed by atoms with van der Waals surface area (Å²) < 4.78 is 8.03. The molecule has 156 valence electrons. The number of aryl methyl sites for hydroxylation is 3. The van der Waals surface area contributed by atoms with Crippen molar-refractivity contribution in [2.24, 2.45) is 5.92 Å². The number of amides is 1. The SMILES string of the molecule is Cc1cc(C)c(Cn2ccnc2CN(C[C@@H]2CCCO2)C(=O)C2CCC2)c(C)c1. The summed E-state index contributed by atoms with van der Waals surface area (Å²) in [5.74, 6) is 1.43. The van der Waals surface area contributed by atoms with Gasteiger partial charge in [0.2, 0.25) is 5.91 Å². The lowest BCUT2D eigenvalue weighted by Gasteiger charge is -2.33. The van der Waals surface area contributed by atoms with Crippen LogP contribution in [0, 0.1) is 26.7 Å². The molecule has 5 nitrogen and oxygen atoms in total. The fraction of sp³-hybridized carbons (Fsp3) is 0.583. The maximum absolute atomic E-state index is 13.1. The molecule has 1 saturated heterocycles. The van der Waals surface area contributed by atoms with Gasteiger partial charge in [-0.2, -0.15) is 0 Å². The maximum Gasteiger partial charge on any atom is 0.226 e. The van der Waals surface area contributed by atoms with Gasteiger partial charge in [-0.15, -0.1) is 0 Å². The van der Waals surface area contributed by atoms with Gasteiger partial charge >= 0.3 is 0 Å². The van der Waals surface area contributed by atoms with Gasteiger partial charge in [0.05, 0.1) is 12.6 Å². The van der Waals surface area contributed by atoms with Gasteiger partial charge in [-0.3, -0.25) is 4.79 Å². The van der Waals surface area contributed by atoms with Gasteiger partial charge in [0.1, 0.15) is 5.82 Å². The smallest absolute Gasteiger partial charge is 0.226 e. The molecule has 1 aromatic heterocycles. The fourth-order valence-electron chi connectivity index (χ4n) is 4.62. The third kappa shape index (κ3) is 4.55. The Labute approximate surface area is 174 Å². The normalized spacial score (nSPS) is 19.3. The first-order valence-corrected chi connectivity index (χ1v) is 11.0. The van der Waals surface area contributed by atoms with Crippen molar-refractivity contribution >= 4 is 5.91 Å². The molecule has 2 aliphatic rings. The van der Waals surface area contributed by atoms with E-state index in [-0.39, 0.29) is 17.9 Å². The lowest BCUT2D eigenvalue weighted by atomic mass is 9.84. The average Bonchev–Trinajstić information content (AvgIpc) is 3.28. The van der Waals surface area contributed by atoms with Crippen LogP contribution in [0.25, 0.3) is 0 Å². The van der Waals surface area contributed by atoms with Crippen LogP contribution in [0.2, 0.25) is 0 Å². The van der Waals surface area contributed by atoms with Crippen molar-refractivity contribution in [1.82, 2.24) is 14.5 Å². The molecule has 1 aliphatic carbocycles. The van der Waals surface area contributed by atoms with Crippen LogP contribution in [-0.4, -0.2) is 39.6 Å². The highest BCUT2D eigenvalue weighted by atomic mass is 16.5. The number of hydrogen-bond acceptors (Lipinski definition) is 3. The second-order valence-electron chi connectivity index (χ2n) is 8.83. The zero-order valence-corrected chi connectivity index (χ0v) is 18.0. The Morgan fingerprint density at radius 3 is 2.55 bits per heavy atom. The molecule has 0 unspecified atom stereocenters. The minimum Gasteiger partial charge on any atom is -0.376 e. The molecule has 1 aromatic carbocycles. The van der Waals surface area contributed by atoms with Crippen molar-refractivity contribution in [2.75, 3.05) is 13.2 Å². The summed E-state index contributed by atoms with van der Waals surface area (Å²) in [5.41, 5.74) is 5.25. The van der Waals surface area contributed by atoms with E-state index in [4.69, 9.17) is 4.74 Å². The first kappa shape index (κ1) is 20.1. The predicted molar refractivity (Wildman–Crippen MR) is 114 cm³/mol. The van der Waals surface area contributed by atoms with Crippen LogP contribution in [0.3, 0.4) is 0 Å². The Balaban J connectivity index is 1.52. The molecule has 1 aliphatic heterocycles. The number of aromatic nitrogens is 2. The predicted octanol–water partition coefficient (Wildman–Crippen LogP) is 4.16. The first-order chi connectivity index (χ1) is 14.0. The number of ether oxygens (including phenoxy) is 1. The number of benzene rings is 1. The van der Waals surface area contributed by atoms with Crippen LogP contribution in [0.1, 0.15) is 60.2 Å². The van der Waals surface area contributed by atoms with Crippen LogP contribution >= 0.6 is 0 Å². The molecule has 0 bridgehead atoms. The first-order valence-electron chi connectivity index (χ1n) is 11.0. The molecule has 1 atom stereocenters. The molecule has 5 heteroatoms. The molecule has 2 fully saturated rings. The Morgan fingerprint density at radius 1 is 1.17 bits per heavy atom. The van der Waals surface area contributed by atoms with Crippen molar-refractivity contribution in [1.29, 1.82) is 0 Å². The van der Waals surface area contributed by atoms with Gasteiger partial charge in [-0.1, -0.05) is 24.1 Å². The highest BCUT2D eigenvalue weighted by molar-refractivity contribution is 5.79. The molecule has 2 aromatic rings. The maximum atomic E-state index is 13.1. The number of nitrogens with zero attached hydrogens (tertiary/aromatic N) is 3. The average molecular weight is 396 g/mol. The quantitative estimate of drug-likeness (QED) is 0.707. The van der Waals surface area contributed by atoms with Crippen LogP contribution in [-0.2, 0) is 22.6 Å². The van der Waals surface area contributed by atoms with E-state index < -0.39 is 0 Å². The summed E-state index contributed by atoms with van der Waals surface area (Å²) in [6, 6.07) is 4.48. The molecular weight excluding hydrogens is 362 g/mol. The lowest BCUT2D eigenvalue weighted by Crippen LogP contribution is -2.42. The number of carbonyl (C=O) groups is 1. The molecule has 0 N–H and O–H groups in total. The third-order valence-corrected chi connectivity index (χ3v) is 6.52. The molecular formula is C24H33N3O2. The van der Waals surface area contributed by atoms with Crippen LogP contribution in [0.4, 0.5) is 0 Å². The van der Waals surface area contributed by atoms with E-state index >= 15 is 0 Å². The van der Waals surface area contributed by atoms with Crippen molar-refractivity contribution in [3.05, 3.63) is 52.6 Å². The molecule has 1 amide bonds.